The first kappa shape index (κ1) is 23.8. The summed E-state index contributed by atoms with van der Waals surface area (Å²) < 4.78 is 16.5. The summed E-state index contributed by atoms with van der Waals surface area (Å²) in [5.41, 5.74) is 3.05. The van der Waals surface area contributed by atoms with E-state index in [1.54, 1.807) is 23.6 Å². The van der Waals surface area contributed by atoms with Crippen molar-refractivity contribution in [3.63, 3.8) is 0 Å². The first-order valence-corrected chi connectivity index (χ1v) is 12.0. The van der Waals surface area contributed by atoms with Crippen molar-refractivity contribution in [1.82, 2.24) is 4.98 Å². The predicted molar refractivity (Wildman–Crippen MR) is 132 cm³/mol. The molecule has 1 aromatic heterocycles. The summed E-state index contributed by atoms with van der Waals surface area (Å²) in [7, 11) is 0. The number of carbonyl (C=O) groups is 2. The molecule has 0 fully saturated rings. The zero-order valence-electron chi connectivity index (χ0n) is 18.5. The van der Waals surface area contributed by atoms with Crippen LogP contribution in [0.1, 0.15) is 28.2 Å². The minimum atomic E-state index is -0.518. The van der Waals surface area contributed by atoms with Gasteiger partial charge in [-0.1, -0.05) is 29.8 Å². The highest BCUT2D eigenvalue weighted by Gasteiger charge is 2.15. The lowest BCUT2D eigenvalue weighted by Crippen LogP contribution is -2.15. The van der Waals surface area contributed by atoms with Crippen LogP contribution in [0, 0.1) is 6.92 Å². The van der Waals surface area contributed by atoms with Crippen LogP contribution in [-0.4, -0.2) is 30.1 Å². The molecule has 1 aliphatic heterocycles. The molecule has 9 heteroatoms. The highest BCUT2D eigenvalue weighted by atomic mass is 35.5. The molecule has 1 aliphatic rings. The molecule has 1 amide bonds. The van der Waals surface area contributed by atoms with E-state index < -0.39 is 5.97 Å². The maximum absolute atomic E-state index is 12.3. The van der Waals surface area contributed by atoms with Crippen LogP contribution in [0.3, 0.4) is 0 Å². The van der Waals surface area contributed by atoms with Crippen molar-refractivity contribution in [1.29, 1.82) is 0 Å². The van der Waals surface area contributed by atoms with E-state index >= 15 is 0 Å². The van der Waals surface area contributed by atoms with E-state index in [0.29, 0.717) is 46.0 Å². The van der Waals surface area contributed by atoms with Gasteiger partial charge in [-0.2, -0.15) is 0 Å². The number of fused-ring (bicyclic) bond motifs is 1. The van der Waals surface area contributed by atoms with Gasteiger partial charge in [0.15, 0.2) is 11.5 Å². The molecule has 0 saturated carbocycles. The molecule has 1 N–H and O–H groups in total. The van der Waals surface area contributed by atoms with E-state index in [0.717, 1.165) is 17.7 Å². The van der Waals surface area contributed by atoms with Crippen molar-refractivity contribution >= 4 is 46.6 Å². The Bertz CT molecular complexity index is 1220. The molecule has 0 aliphatic carbocycles. The fraction of sp³-hybridized carbons (Fsp3) is 0.240. The van der Waals surface area contributed by atoms with Gasteiger partial charge in [0.1, 0.15) is 11.6 Å². The van der Waals surface area contributed by atoms with Crippen molar-refractivity contribution in [2.75, 3.05) is 18.5 Å². The molecule has 4 rings (SSSR count). The maximum atomic E-state index is 12.3. The normalized spacial score (nSPS) is 12.9. The Morgan fingerprint density at radius 1 is 1.24 bits per heavy atom. The fourth-order valence-corrected chi connectivity index (χ4v) is 4.30. The van der Waals surface area contributed by atoms with Gasteiger partial charge in [-0.15, -0.1) is 11.3 Å². The third kappa shape index (κ3) is 6.36. The quantitative estimate of drug-likeness (QED) is 0.355. The number of para-hydroxylation sites is 1. The Hall–Kier alpha value is -3.36. The second-order valence-electron chi connectivity index (χ2n) is 7.59. The van der Waals surface area contributed by atoms with Crippen molar-refractivity contribution in [2.24, 2.45) is 0 Å². The number of carbonyl (C=O) groups excluding carboxylic acids is 2. The fourth-order valence-electron chi connectivity index (χ4n) is 3.25. The largest absolute Gasteiger partial charge is 0.489 e. The summed E-state index contributed by atoms with van der Waals surface area (Å²) in [5.74, 6) is 0.407. The van der Waals surface area contributed by atoms with E-state index in [2.05, 4.69) is 10.3 Å². The Labute approximate surface area is 206 Å². The number of amides is 1. The Morgan fingerprint density at radius 2 is 2.06 bits per heavy atom. The van der Waals surface area contributed by atoms with Gasteiger partial charge in [0.05, 0.1) is 30.4 Å². The molecule has 176 valence electrons. The first-order valence-electron chi connectivity index (χ1n) is 10.7. The predicted octanol–water partition coefficient (Wildman–Crippen LogP) is 5.20. The summed E-state index contributed by atoms with van der Waals surface area (Å²) in [4.78, 5) is 28.8. The number of halogens is 1. The summed E-state index contributed by atoms with van der Waals surface area (Å²) in [6, 6.07) is 11.0. The van der Waals surface area contributed by atoms with Crippen LogP contribution in [0.2, 0.25) is 5.02 Å². The number of aryl methyl sites for hydroxylation is 1. The van der Waals surface area contributed by atoms with Crippen LogP contribution in [0.5, 0.6) is 11.5 Å². The van der Waals surface area contributed by atoms with Gasteiger partial charge in [-0.25, -0.2) is 9.78 Å². The number of nitrogens with one attached hydrogen (secondary N) is 1. The van der Waals surface area contributed by atoms with Crippen molar-refractivity contribution in [3.05, 3.63) is 74.7 Å². The second-order valence-corrected chi connectivity index (χ2v) is 8.94. The average molecular weight is 499 g/mol. The molecule has 3 aromatic rings. The van der Waals surface area contributed by atoms with Crippen LogP contribution in [0.25, 0.3) is 6.08 Å². The first-order chi connectivity index (χ1) is 16.5. The number of thiazole rings is 1. The van der Waals surface area contributed by atoms with Crippen molar-refractivity contribution < 1.29 is 23.8 Å². The Balaban J connectivity index is 1.28. The molecular formula is C25H23ClN2O5S. The molecule has 34 heavy (non-hydrogen) atoms. The zero-order valence-corrected chi connectivity index (χ0v) is 20.1. The lowest BCUT2D eigenvalue weighted by Gasteiger charge is -2.09. The number of hydrogen-bond donors (Lipinski definition) is 1. The third-order valence-electron chi connectivity index (χ3n) is 4.93. The van der Waals surface area contributed by atoms with Crippen LogP contribution < -0.4 is 14.8 Å². The van der Waals surface area contributed by atoms with Crippen molar-refractivity contribution in [3.8, 4) is 11.5 Å². The van der Waals surface area contributed by atoms with Crippen LogP contribution in [0.15, 0.2) is 47.9 Å². The maximum Gasteiger partial charge on any atom is 0.331 e. The second kappa shape index (κ2) is 11.2. The Kier molecular flexibility index (Phi) is 7.82. The smallest absolute Gasteiger partial charge is 0.331 e. The van der Waals surface area contributed by atoms with E-state index in [9.17, 15) is 9.59 Å². The standard InChI is InChI=1S/C25H23ClN2O5S/c1-16-5-2-3-6-20(16)28-22(29)13-23-27-18(15-34-23)14-33-24(30)8-7-17-11-19(26)25-21(12-17)31-9-4-10-32-25/h2-3,5-8,11-12,15H,4,9-10,13-14H2,1H3,(H,28,29). The minimum absolute atomic E-state index is 0.0149. The van der Waals surface area contributed by atoms with Gasteiger partial charge < -0.3 is 19.5 Å². The number of esters is 1. The van der Waals surface area contributed by atoms with Crippen LogP contribution >= 0.6 is 22.9 Å². The van der Waals surface area contributed by atoms with Gasteiger partial charge in [0, 0.05) is 23.6 Å². The van der Waals surface area contributed by atoms with Gasteiger partial charge in [0.2, 0.25) is 5.91 Å². The van der Waals surface area contributed by atoms with E-state index in [-0.39, 0.29) is 18.9 Å². The van der Waals surface area contributed by atoms with Crippen LogP contribution in [0.4, 0.5) is 5.69 Å². The molecular weight excluding hydrogens is 476 g/mol. The topological polar surface area (TPSA) is 86.8 Å². The monoisotopic (exact) mass is 498 g/mol. The van der Waals surface area contributed by atoms with Gasteiger partial charge in [-0.3, -0.25) is 4.79 Å². The molecule has 0 radical (unpaired) electrons. The summed E-state index contributed by atoms with van der Waals surface area (Å²) in [6.07, 6.45) is 3.85. The number of ether oxygens (including phenoxy) is 3. The number of benzene rings is 2. The van der Waals surface area contributed by atoms with E-state index in [1.165, 1.54) is 17.4 Å². The molecule has 0 bridgehead atoms. The summed E-state index contributed by atoms with van der Waals surface area (Å²) in [6.45, 7) is 3.04. The molecule has 0 atom stereocenters. The zero-order chi connectivity index (χ0) is 23.9. The van der Waals surface area contributed by atoms with Crippen molar-refractivity contribution in [2.45, 2.75) is 26.4 Å². The number of nitrogens with zero attached hydrogens (tertiary/aromatic N) is 1. The summed E-state index contributed by atoms with van der Waals surface area (Å²) in [5, 5.41) is 5.73. The third-order valence-corrected chi connectivity index (χ3v) is 6.11. The lowest BCUT2D eigenvalue weighted by molar-refractivity contribution is -0.139. The number of hydrogen-bond acceptors (Lipinski definition) is 7. The molecule has 0 unspecified atom stereocenters. The summed E-state index contributed by atoms with van der Waals surface area (Å²) >= 11 is 7.63. The highest BCUT2D eigenvalue weighted by molar-refractivity contribution is 7.09. The lowest BCUT2D eigenvalue weighted by atomic mass is 10.2. The number of anilines is 1. The molecule has 0 spiro atoms. The molecule has 2 aromatic carbocycles. The van der Waals surface area contributed by atoms with E-state index in [4.69, 9.17) is 25.8 Å². The van der Waals surface area contributed by atoms with Gasteiger partial charge >= 0.3 is 5.97 Å². The number of aromatic nitrogens is 1. The van der Waals surface area contributed by atoms with Gasteiger partial charge in [0.25, 0.3) is 0 Å². The SMILES string of the molecule is Cc1ccccc1NC(=O)Cc1nc(COC(=O)C=Cc2cc(Cl)c3c(c2)OCCCO3)cs1. The van der Waals surface area contributed by atoms with Crippen LogP contribution in [-0.2, 0) is 27.4 Å². The number of rotatable bonds is 7. The molecule has 7 nitrogen and oxygen atoms in total. The minimum Gasteiger partial charge on any atom is -0.489 e. The highest BCUT2D eigenvalue weighted by Crippen LogP contribution is 2.38. The molecule has 2 heterocycles. The average Bonchev–Trinajstić information content (AvgIpc) is 3.11. The van der Waals surface area contributed by atoms with E-state index in [1.807, 2.05) is 31.2 Å². The molecule has 0 saturated heterocycles. The van der Waals surface area contributed by atoms with Gasteiger partial charge in [-0.05, 0) is 42.3 Å². The Morgan fingerprint density at radius 3 is 2.91 bits per heavy atom.